The average Bonchev–Trinajstić information content (AvgIpc) is 3.32. The Hall–Kier alpha value is -2.63. The largest absolute Gasteiger partial charge is 0.395 e. The van der Waals surface area contributed by atoms with Gasteiger partial charge in [-0.1, -0.05) is 37.1 Å². The Morgan fingerprint density at radius 3 is 2.38 bits per heavy atom. The van der Waals surface area contributed by atoms with Gasteiger partial charge in [0.25, 0.3) is 0 Å². The summed E-state index contributed by atoms with van der Waals surface area (Å²) < 4.78 is 0. The minimum Gasteiger partial charge on any atom is -0.395 e. The smallest absolute Gasteiger partial charge is 0.232 e. The molecule has 40 heavy (non-hydrogen) atoms. The quantitative estimate of drug-likeness (QED) is 0.291. The molecular weight excluding hydrogens is 494 g/mol. The van der Waals surface area contributed by atoms with E-state index in [2.05, 4.69) is 92.7 Å². The molecule has 2 N–H and O–H groups in total. The molecule has 1 aromatic heterocycles. The van der Waals surface area contributed by atoms with Crippen LogP contribution >= 0.6 is 0 Å². The van der Waals surface area contributed by atoms with Crippen molar-refractivity contribution in [3.05, 3.63) is 58.7 Å². The van der Waals surface area contributed by atoms with Crippen LogP contribution in [0.25, 0.3) is 22.2 Å². The second kappa shape index (κ2) is 11.7. The molecule has 1 saturated carbocycles. The van der Waals surface area contributed by atoms with Gasteiger partial charge in [-0.05, 0) is 119 Å². The number of benzene rings is 2. The summed E-state index contributed by atoms with van der Waals surface area (Å²) in [6, 6.07) is 13.8. The van der Waals surface area contributed by atoms with E-state index in [9.17, 15) is 9.90 Å². The van der Waals surface area contributed by atoms with Crippen LogP contribution in [0, 0.1) is 19.8 Å². The molecule has 2 aliphatic heterocycles. The number of piperidine rings is 2. The molecule has 2 bridgehead atoms. The number of H-pyrrole nitrogens is 1. The lowest BCUT2D eigenvalue weighted by molar-refractivity contribution is -0.144. The fourth-order valence-corrected chi connectivity index (χ4v) is 7.49. The van der Waals surface area contributed by atoms with Crippen molar-refractivity contribution < 1.29 is 9.90 Å². The van der Waals surface area contributed by atoms with E-state index in [-0.39, 0.29) is 18.4 Å². The topological polar surface area (TPSA) is 59.6 Å². The highest BCUT2D eigenvalue weighted by molar-refractivity contribution is 5.94. The summed E-state index contributed by atoms with van der Waals surface area (Å²) in [5.41, 5.74) is 7.81. The van der Waals surface area contributed by atoms with Gasteiger partial charge < -0.3 is 19.9 Å². The molecule has 1 amide bonds. The van der Waals surface area contributed by atoms with E-state index in [1.165, 1.54) is 46.2 Å². The van der Waals surface area contributed by atoms with Gasteiger partial charge in [-0.2, -0.15) is 0 Å². The Labute approximate surface area is 241 Å². The zero-order chi connectivity index (χ0) is 28.6. The van der Waals surface area contributed by atoms with Crippen molar-refractivity contribution >= 4 is 16.8 Å². The molecule has 1 atom stereocenters. The lowest BCUT2D eigenvalue weighted by Crippen LogP contribution is -2.55. The molecule has 0 spiro atoms. The van der Waals surface area contributed by atoms with Crippen LogP contribution in [-0.2, 0) is 10.2 Å². The third-order valence-corrected chi connectivity index (χ3v) is 9.56. The third-order valence-electron chi connectivity index (χ3n) is 9.56. The first-order chi connectivity index (χ1) is 19.1. The Balaban J connectivity index is 1.58. The number of fused-ring (bicyclic) bond motifs is 4. The van der Waals surface area contributed by atoms with E-state index in [1.807, 2.05) is 0 Å². The number of aromatic nitrogens is 1. The number of aromatic amines is 1. The first-order valence-electron chi connectivity index (χ1n) is 15.5. The summed E-state index contributed by atoms with van der Waals surface area (Å²) in [5.74, 6) is 1.20. The van der Waals surface area contributed by atoms with Crippen LogP contribution in [0.1, 0.15) is 88.0 Å². The van der Waals surface area contributed by atoms with Crippen molar-refractivity contribution in [2.24, 2.45) is 5.92 Å². The first-order valence-corrected chi connectivity index (χ1v) is 15.5. The fraction of sp³-hybridized carbons (Fsp3) is 0.571. The van der Waals surface area contributed by atoms with E-state index in [4.69, 9.17) is 0 Å². The zero-order valence-corrected chi connectivity index (χ0v) is 25.5. The number of aryl methyl sites for hydroxylation is 2. The van der Waals surface area contributed by atoms with Gasteiger partial charge in [0, 0.05) is 36.6 Å². The monoisotopic (exact) mass is 543 g/mol. The lowest BCUT2D eigenvalue weighted by Gasteiger charge is -2.47. The maximum atomic E-state index is 14.0. The number of nitrogens with one attached hydrogen (secondary N) is 1. The SMILES string of the molecule is CCCN(CCO)C[C@@H](C)c1c(-c2cc(C)cc(C)c2)[nH]c2ccc(C(C)(C)C(=O)N3CC4CCC3CC4)cc12. The highest BCUT2D eigenvalue weighted by atomic mass is 16.3. The number of hydrogen-bond donors (Lipinski definition) is 2. The van der Waals surface area contributed by atoms with Gasteiger partial charge in [-0.3, -0.25) is 4.79 Å². The van der Waals surface area contributed by atoms with Crippen LogP contribution in [0.2, 0.25) is 0 Å². The predicted octanol–water partition coefficient (Wildman–Crippen LogP) is 6.94. The number of carbonyl (C=O) groups is 1. The zero-order valence-electron chi connectivity index (χ0n) is 25.5. The molecule has 2 aromatic carbocycles. The number of hydrogen-bond acceptors (Lipinski definition) is 3. The molecular formula is C35H49N3O2. The van der Waals surface area contributed by atoms with Crippen molar-refractivity contribution in [3.8, 4) is 11.3 Å². The van der Waals surface area contributed by atoms with Crippen LogP contribution in [-0.4, -0.2) is 64.6 Å². The molecule has 6 rings (SSSR count). The number of aliphatic hydroxyl groups is 1. The molecule has 1 aliphatic carbocycles. The normalized spacial score (nSPS) is 20.1. The Morgan fingerprint density at radius 2 is 1.77 bits per heavy atom. The van der Waals surface area contributed by atoms with Gasteiger partial charge in [0.15, 0.2) is 0 Å². The summed E-state index contributed by atoms with van der Waals surface area (Å²) in [5, 5.41) is 10.9. The summed E-state index contributed by atoms with van der Waals surface area (Å²) in [7, 11) is 0. The van der Waals surface area contributed by atoms with E-state index in [0.29, 0.717) is 18.5 Å². The molecule has 3 aromatic rings. The standard InChI is InChI=1S/C35H49N3O2/c1-7-14-37(15-16-39)21-25(4)32-30-20-28(35(5,6)34(40)38-22-26-8-11-29(38)12-9-26)10-13-31(30)36-33(32)27-18-23(2)17-24(3)19-27/h10,13,17-20,25-26,29,36,39H,7-9,11-12,14-16,21-22H2,1-6H3/t25-,26?,29?/m1/s1. The second-order valence-corrected chi connectivity index (χ2v) is 13.2. The van der Waals surface area contributed by atoms with Crippen LogP contribution < -0.4 is 0 Å². The maximum Gasteiger partial charge on any atom is 0.232 e. The van der Waals surface area contributed by atoms with Crippen molar-refractivity contribution in [3.63, 3.8) is 0 Å². The first kappa shape index (κ1) is 28.9. The number of carbonyl (C=O) groups excluding carboxylic acids is 1. The summed E-state index contributed by atoms with van der Waals surface area (Å²) in [6.45, 7) is 16.7. The Morgan fingerprint density at radius 1 is 1.07 bits per heavy atom. The highest BCUT2D eigenvalue weighted by Gasteiger charge is 2.42. The lowest BCUT2D eigenvalue weighted by atomic mass is 9.76. The molecule has 2 saturated heterocycles. The number of nitrogens with zero attached hydrogens (tertiary/aromatic N) is 2. The molecule has 0 radical (unpaired) electrons. The number of aliphatic hydroxyl groups excluding tert-OH is 1. The van der Waals surface area contributed by atoms with Gasteiger partial charge in [0.2, 0.25) is 5.91 Å². The van der Waals surface area contributed by atoms with Crippen LogP contribution in [0.15, 0.2) is 36.4 Å². The summed E-state index contributed by atoms with van der Waals surface area (Å²) in [6.07, 6.45) is 5.93. The van der Waals surface area contributed by atoms with E-state index in [1.54, 1.807) is 0 Å². The molecule has 0 unspecified atom stereocenters. The van der Waals surface area contributed by atoms with Gasteiger partial charge in [0.1, 0.15) is 0 Å². The minimum atomic E-state index is -0.589. The maximum absolute atomic E-state index is 14.0. The van der Waals surface area contributed by atoms with Crippen molar-refractivity contribution in [2.45, 2.75) is 91.0 Å². The second-order valence-electron chi connectivity index (χ2n) is 13.2. The predicted molar refractivity (Wildman–Crippen MR) is 166 cm³/mol. The fourth-order valence-electron chi connectivity index (χ4n) is 7.49. The van der Waals surface area contributed by atoms with Crippen molar-refractivity contribution in [1.29, 1.82) is 0 Å². The minimum absolute atomic E-state index is 0.170. The molecule has 5 heteroatoms. The highest BCUT2D eigenvalue weighted by Crippen LogP contribution is 2.41. The third kappa shape index (κ3) is 5.60. The van der Waals surface area contributed by atoms with Gasteiger partial charge in [-0.25, -0.2) is 0 Å². The van der Waals surface area contributed by atoms with Gasteiger partial charge >= 0.3 is 0 Å². The van der Waals surface area contributed by atoms with E-state index < -0.39 is 5.41 Å². The Kier molecular flexibility index (Phi) is 8.45. The summed E-state index contributed by atoms with van der Waals surface area (Å²) in [4.78, 5) is 22.4. The molecule has 216 valence electrons. The number of rotatable bonds is 10. The van der Waals surface area contributed by atoms with Crippen molar-refractivity contribution in [2.75, 3.05) is 32.8 Å². The average molecular weight is 544 g/mol. The molecule has 3 fully saturated rings. The van der Waals surface area contributed by atoms with E-state index in [0.717, 1.165) is 50.0 Å². The van der Waals surface area contributed by atoms with E-state index >= 15 is 0 Å². The Bertz CT molecular complexity index is 1320. The number of amides is 1. The van der Waals surface area contributed by atoms with Crippen LogP contribution in [0.3, 0.4) is 0 Å². The van der Waals surface area contributed by atoms with Crippen LogP contribution in [0.5, 0.6) is 0 Å². The van der Waals surface area contributed by atoms with Gasteiger partial charge in [-0.15, -0.1) is 0 Å². The molecule has 5 nitrogen and oxygen atoms in total. The van der Waals surface area contributed by atoms with Gasteiger partial charge in [0.05, 0.1) is 17.7 Å². The molecule has 3 heterocycles. The van der Waals surface area contributed by atoms with Crippen molar-refractivity contribution in [1.82, 2.24) is 14.8 Å². The summed E-state index contributed by atoms with van der Waals surface area (Å²) >= 11 is 0. The molecule has 3 aliphatic rings. The van der Waals surface area contributed by atoms with Crippen LogP contribution in [0.4, 0.5) is 0 Å².